The van der Waals surface area contributed by atoms with Crippen LogP contribution in [0, 0.1) is 0 Å². The summed E-state index contributed by atoms with van der Waals surface area (Å²) in [6.45, 7) is 1.41. The summed E-state index contributed by atoms with van der Waals surface area (Å²) in [5.74, 6) is -0.191. The molecule has 5 heteroatoms. The van der Waals surface area contributed by atoms with Gasteiger partial charge >= 0.3 is 67.1 Å². The first-order valence-corrected chi connectivity index (χ1v) is 7.52. The van der Waals surface area contributed by atoms with Gasteiger partial charge in [-0.1, -0.05) is 0 Å². The molecule has 0 aliphatic rings. The third-order valence-corrected chi connectivity index (χ3v) is 7.06. The van der Waals surface area contributed by atoms with E-state index in [9.17, 15) is 4.79 Å². The number of carbonyl (C=O) groups is 1. The van der Waals surface area contributed by atoms with Crippen LogP contribution in [0.25, 0.3) is 0 Å². The Hall–Kier alpha value is 1.03. The molecule has 0 aliphatic heterocycles. The normalized spacial score (nSPS) is 10.4. The van der Waals surface area contributed by atoms with Crippen molar-refractivity contribution in [2.75, 3.05) is 0 Å². The molecule has 0 radical (unpaired) electrons. The van der Waals surface area contributed by atoms with Crippen LogP contribution in [0.15, 0.2) is 0 Å². The van der Waals surface area contributed by atoms with Crippen molar-refractivity contribution in [3.05, 3.63) is 0 Å². The fourth-order valence-electron chi connectivity index (χ4n) is 0.142. The van der Waals surface area contributed by atoms with Crippen LogP contribution in [0.2, 0.25) is 0 Å². The molecule has 7 heavy (non-hydrogen) atoms. The average Bonchev–Trinajstić information content (AvgIpc) is 1.61. The summed E-state index contributed by atoms with van der Waals surface area (Å²) in [6.07, 6.45) is 0. The third kappa shape index (κ3) is 7.03. The Balaban J connectivity index is 2.82. The van der Waals surface area contributed by atoms with Gasteiger partial charge in [-0.15, -0.1) is 0 Å². The van der Waals surface area contributed by atoms with E-state index in [2.05, 4.69) is 3.07 Å². The van der Waals surface area contributed by atoms with E-state index in [1.165, 1.54) is 6.92 Å². The van der Waals surface area contributed by atoms with Crippen LogP contribution in [0.5, 0.6) is 0 Å². The second-order valence-electron chi connectivity index (χ2n) is 1.04. The second kappa shape index (κ2) is 5.17. The fourth-order valence-corrected chi connectivity index (χ4v) is 3.21. The number of hydrogen-bond acceptors (Lipinski definition) is 3. The molecule has 0 aromatic heterocycles. The van der Waals surface area contributed by atoms with Crippen molar-refractivity contribution in [2.24, 2.45) is 0 Å². The van der Waals surface area contributed by atoms with Crippen molar-refractivity contribution in [2.45, 2.75) is 6.92 Å². The van der Waals surface area contributed by atoms with Crippen LogP contribution in [0.3, 0.4) is 0 Å². The molecule has 0 saturated carbocycles. The first kappa shape index (κ1) is 8.03. The molecule has 0 amide bonds. The van der Waals surface area contributed by atoms with Gasteiger partial charge in [-0.3, -0.25) is 0 Å². The first-order valence-electron chi connectivity index (χ1n) is 1.89. The second-order valence-corrected chi connectivity index (χ2v) is 15.2. The summed E-state index contributed by atoms with van der Waals surface area (Å²) >= 11 is -1.13. The van der Waals surface area contributed by atoms with Gasteiger partial charge in [0.15, 0.2) is 0 Å². The number of carbonyl (C=O) groups excluding carboxylic acids is 1. The molecule has 0 rings (SSSR count). The maximum absolute atomic E-state index is 9.98. The summed E-state index contributed by atoms with van der Waals surface area (Å²) < 4.78 is 9.42. The SMILES string of the molecule is CC(=O)[O][SnH2][O][SnH3]. The van der Waals surface area contributed by atoms with Gasteiger partial charge in [0.2, 0.25) is 0 Å². The van der Waals surface area contributed by atoms with Crippen LogP contribution in [-0.2, 0) is 9.28 Å². The van der Waals surface area contributed by atoms with Gasteiger partial charge in [0.25, 0.3) is 0 Å². The van der Waals surface area contributed by atoms with Gasteiger partial charge in [0.05, 0.1) is 0 Å². The fraction of sp³-hybridized carbons (Fsp3) is 0.500. The Labute approximate surface area is 66.7 Å². The van der Waals surface area contributed by atoms with E-state index >= 15 is 0 Å². The van der Waals surface area contributed by atoms with Crippen LogP contribution in [0.4, 0.5) is 0 Å². The van der Waals surface area contributed by atoms with Gasteiger partial charge in [-0.05, 0) is 0 Å². The van der Waals surface area contributed by atoms with Crippen LogP contribution >= 0.6 is 0 Å². The molecule has 0 saturated heterocycles. The van der Waals surface area contributed by atoms with Crippen molar-refractivity contribution in [1.82, 2.24) is 0 Å². The van der Waals surface area contributed by atoms with Gasteiger partial charge in [-0.25, -0.2) is 0 Å². The molecule has 0 aliphatic carbocycles. The van der Waals surface area contributed by atoms with E-state index in [4.69, 9.17) is 1.41 Å². The number of hydrogen-bond donors (Lipinski definition) is 0. The van der Waals surface area contributed by atoms with E-state index in [0.29, 0.717) is 0 Å². The van der Waals surface area contributed by atoms with Gasteiger partial charge < -0.3 is 0 Å². The standard InChI is InChI=1S/C2H4O2.O.2Sn.5H/c1-2(3)4;;;;;;;;/h1H3,(H,3,4);;;;;;;;/q;;;+1;;;;;/p-1. The minimum absolute atomic E-state index is 0.191. The Morgan fingerprint density at radius 1 is 1.86 bits per heavy atom. The van der Waals surface area contributed by atoms with E-state index in [-0.39, 0.29) is 28.9 Å². The molecule has 0 unspecified atom stereocenters. The zero-order valence-corrected chi connectivity index (χ0v) is 14.2. The molecule has 0 N–H and O–H groups in total. The molecule has 0 spiro atoms. The van der Waals surface area contributed by atoms with Crippen LogP contribution in [-0.4, -0.2) is 50.9 Å². The summed E-state index contributed by atoms with van der Waals surface area (Å²) in [7, 11) is 0. The quantitative estimate of drug-likeness (QED) is 0.545. The summed E-state index contributed by atoms with van der Waals surface area (Å²) in [5.41, 5.74) is 0. The Morgan fingerprint density at radius 2 is 2.43 bits per heavy atom. The molecule has 0 bridgehead atoms. The van der Waals surface area contributed by atoms with Crippen molar-refractivity contribution in [1.29, 1.82) is 0 Å². The predicted octanol–water partition coefficient (Wildman–Crippen LogP) is -2.15. The zero-order chi connectivity index (χ0) is 5.70. The first-order chi connectivity index (χ1) is 3.27. The Kier molecular flexibility index (Phi) is 5.93. The van der Waals surface area contributed by atoms with Crippen molar-refractivity contribution in [3.63, 3.8) is 0 Å². The molecule has 42 valence electrons. The average molecular weight is 318 g/mol. The monoisotopic (exact) mass is 320 g/mol. The topological polar surface area (TPSA) is 35.5 Å². The molecule has 0 atom stereocenters. The Morgan fingerprint density at radius 3 is 2.57 bits per heavy atom. The van der Waals surface area contributed by atoms with Crippen molar-refractivity contribution < 1.29 is 9.28 Å². The molecule has 0 aromatic carbocycles. The molecular formula is C2H8O3Sn2. The van der Waals surface area contributed by atoms with E-state index in [0.717, 1.165) is 0 Å². The third-order valence-electron chi connectivity index (χ3n) is 0.380. The summed E-state index contributed by atoms with van der Waals surface area (Å²) in [6, 6.07) is 0. The zero-order valence-electron chi connectivity index (χ0n) is 4.43. The van der Waals surface area contributed by atoms with Crippen LogP contribution in [0.1, 0.15) is 6.92 Å². The number of rotatable bonds is 2. The Bertz CT molecular complexity index is 64.0. The van der Waals surface area contributed by atoms with E-state index in [1.807, 2.05) is 0 Å². The van der Waals surface area contributed by atoms with E-state index < -0.39 is 22.0 Å². The minimum atomic E-state index is -1.41. The summed E-state index contributed by atoms with van der Waals surface area (Å²) in [4.78, 5) is 9.98. The predicted molar refractivity (Wildman–Crippen MR) is 31.3 cm³/mol. The van der Waals surface area contributed by atoms with Crippen molar-refractivity contribution in [3.8, 4) is 0 Å². The molecule has 3 nitrogen and oxygen atoms in total. The van der Waals surface area contributed by atoms with Gasteiger partial charge in [0.1, 0.15) is 0 Å². The van der Waals surface area contributed by atoms with Crippen LogP contribution < -0.4 is 0 Å². The molecule has 0 heterocycles. The van der Waals surface area contributed by atoms with Crippen molar-refractivity contribution >= 4 is 50.9 Å². The molecule has 0 fully saturated rings. The van der Waals surface area contributed by atoms with Gasteiger partial charge in [0, 0.05) is 0 Å². The van der Waals surface area contributed by atoms with E-state index in [1.54, 1.807) is 0 Å². The molecule has 0 aromatic rings. The van der Waals surface area contributed by atoms with Gasteiger partial charge in [-0.2, -0.15) is 0 Å². The maximum atomic E-state index is 9.98. The summed E-state index contributed by atoms with van der Waals surface area (Å²) in [5, 5.41) is 0. The molecular weight excluding hydrogens is 309 g/mol.